The van der Waals surface area contributed by atoms with E-state index in [2.05, 4.69) is 32.8 Å². The quantitative estimate of drug-likeness (QED) is 0.769. The SMILES string of the molecule is CNC(=O)c1ccc(NC2CCN(C)C2)nn1. The summed E-state index contributed by atoms with van der Waals surface area (Å²) in [5.74, 6) is 0.502. The number of hydrogen-bond donors (Lipinski definition) is 2. The molecule has 6 heteroatoms. The van der Waals surface area contributed by atoms with Crippen LogP contribution < -0.4 is 10.6 Å². The lowest BCUT2D eigenvalue weighted by molar-refractivity contribution is 0.0957. The Balaban J connectivity index is 1.96. The van der Waals surface area contributed by atoms with E-state index in [0.717, 1.165) is 25.3 Å². The van der Waals surface area contributed by atoms with E-state index in [1.807, 2.05) is 0 Å². The fourth-order valence-corrected chi connectivity index (χ4v) is 1.92. The molecule has 1 amide bonds. The van der Waals surface area contributed by atoms with Gasteiger partial charge >= 0.3 is 0 Å². The lowest BCUT2D eigenvalue weighted by atomic mass is 10.2. The van der Waals surface area contributed by atoms with Crippen molar-refractivity contribution in [1.82, 2.24) is 20.4 Å². The van der Waals surface area contributed by atoms with Gasteiger partial charge in [0, 0.05) is 19.6 Å². The Kier molecular flexibility index (Phi) is 3.53. The Hall–Kier alpha value is -1.69. The number of carbonyl (C=O) groups excluding carboxylic acids is 1. The van der Waals surface area contributed by atoms with Crippen molar-refractivity contribution < 1.29 is 4.79 Å². The van der Waals surface area contributed by atoms with Gasteiger partial charge in [-0.2, -0.15) is 0 Å². The highest BCUT2D eigenvalue weighted by atomic mass is 16.1. The molecule has 1 saturated heterocycles. The van der Waals surface area contributed by atoms with Gasteiger partial charge in [-0.3, -0.25) is 4.79 Å². The maximum Gasteiger partial charge on any atom is 0.271 e. The van der Waals surface area contributed by atoms with Crippen LogP contribution in [-0.2, 0) is 0 Å². The van der Waals surface area contributed by atoms with E-state index in [4.69, 9.17) is 0 Å². The summed E-state index contributed by atoms with van der Waals surface area (Å²) in [6, 6.07) is 3.88. The van der Waals surface area contributed by atoms with Crippen molar-refractivity contribution >= 4 is 11.7 Å². The number of likely N-dealkylation sites (tertiary alicyclic amines) is 1. The van der Waals surface area contributed by atoms with Crippen LogP contribution in [0.3, 0.4) is 0 Å². The summed E-state index contributed by atoms with van der Waals surface area (Å²) in [7, 11) is 3.67. The van der Waals surface area contributed by atoms with E-state index in [0.29, 0.717) is 11.7 Å². The normalized spacial score (nSPS) is 20.2. The van der Waals surface area contributed by atoms with Crippen molar-refractivity contribution in [2.24, 2.45) is 0 Å². The smallest absolute Gasteiger partial charge is 0.271 e. The van der Waals surface area contributed by atoms with Gasteiger partial charge in [0.1, 0.15) is 5.82 Å². The Bertz CT molecular complexity index is 391. The zero-order valence-electron chi connectivity index (χ0n) is 10.1. The standard InChI is InChI=1S/C11H17N5O/c1-12-11(17)9-3-4-10(15-14-9)13-8-5-6-16(2)7-8/h3-4,8H,5-7H2,1-2H3,(H,12,17)(H,13,15). The summed E-state index contributed by atoms with van der Waals surface area (Å²) in [5.41, 5.74) is 0.335. The first kappa shape index (κ1) is 11.8. The van der Waals surface area contributed by atoms with Crippen LogP contribution in [0.5, 0.6) is 0 Å². The van der Waals surface area contributed by atoms with Gasteiger partial charge < -0.3 is 15.5 Å². The number of carbonyl (C=O) groups is 1. The number of anilines is 1. The Morgan fingerprint density at radius 3 is 2.82 bits per heavy atom. The summed E-state index contributed by atoms with van der Waals surface area (Å²) in [5, 5.41) is 13.7. The van der Waals surface area contributed by atoms with E-state index in [-0.39, 0.29) is 5.91 Å². The second kappa shape index (κ2) is 5.09. The maximum atomic E-state index is 11.3. The van der Waals surface area contributed by atoms with E-state index >= 15 is 0 Å². The van der Waals surface area contributed by atoms with Crippen LogP contribution in [0, 0.1) is 0 Å². The number of likely N-dealkylation sites (N-methyl/N-ethyl adjacent to an activating group) is 1. The fourth-order valence-electron chi connectivity index (χ4n) is 1.92. The molecule has 1 aliphatic heterocycles. The molecule has 2 rings (SSSR count). The topological polar surface area (TPSA) is 70.2 Å². The Morgan fingerprint density at radius 2 is 2.29 bits per heavy atom. The number of aromatic nitrogens is 2. The molecule has 0 aliphatic carbocycles. The molecular weight excluding hydrogens is 218 g/mol. The lowest BCUT2D eigenvalue weighted by Crippen LogP contribution is -2.24. The third kappa shape index (κ3) is 2.91. The van der Waals surface area contributed by atoms with Crippen molar-refractivity contribution in [3.63, 3.8) is 0 Å². The van der Waals surface area contributed by atoms with Gasteiger partial charge in [-0.05, 0) is 32.1 Å². The van der Waals surface area contributed by atoms with E-state index in [1.165, 1.54) is 0 Å². The van der Waals surface area contributed by atoms with E-state index < -0.39 is 0 Å². The summed E-state index contributed by atoms with van der Waals surface area (Å²) in [4.78, 5) is 13.5. The van der Waals surface area contributed by atoms with Crippen molar-refractivity contribution in [1.29, 1.82) is 0 Å². The first-order valence-corrected chi connectivity index (χ1v) is 5.70. The van der Waals surface area contributed by atoms with Crippen LogP contribution in [0.1, 0.15) is 16.9 Å². The molecule has 1 atom stereocenters. The minimum atomic E-state index is -0.218. The number of nitrogens with one attached hydrogen (secondary N) is 2. The molecule has 1 unspecified atom stereocenters. The molecular formula is C11H17N5O. The monoisotopic (exact) mass is 235 g/mol. The van der Waals surface area contributed by atoms with Crippen molar-refractivity contribution in [3.8, 4) is 0 Å². The average Bonchev–Trinajstić information content (AvgIpc) is 2.75. The zero-order valence-corrected chi connectivity index (χ0v) is 10.1. The molecule has 0 spiro atoms. The molecule has 1 aliphatic rings. The Labute approximate surface area is 100 Å². The van der Waals surface area contributed by atoms with E-state index in [9.17, 15) is 4.79 Å². The number of nitrogens with zero attached hydrogens (tertiary/aromatic N) is 3. The third-order valence-electron chi connectivity index (χ3n) is 2.87. The molecule has 0 bridgehead atoms. The van der Waals surface area contributed by atoms with Crippen molar-refractivity contribution in [2.75, 3.05) is 32.5 Å². The summed E-state index contributed by atoms with van der Waals surface area (Å²) < 4.78 is 0. The van der Waals surface area contributed by atoms with Gasteiger partial charge in [0.05, 0.1) is 0 Å². The minimum absolute atomic E-state index is 0.218. The predicted molar refractivity (Wildman–Crippen MR) is 64.9 cm³/mol. The van der Waals surface area contributed by atoms with Gasteiger partial charge in [0.2, 0.25) is 0 Å². The van der Waals surface area contributed by atoms with Gasteiger partial charge in [0.15, 0.2) is 5.69 Å². The highest BCUT2D eigenvalue weighted by Crippen LogP contribution is 2.12. The second-order valence-corrected chi connectivity index (χ2v) is 4.28. The first-order chi connectivity index (χ1) is 8.19. The highest BCUT2D eigenvalue weighted by Gasteiger charge is 2.19. The van der Waals surface area contributed by atoms with Crippen LogP contribution in [0.4, 0.5) is 5.82 Å². The molecule has 6 nitrogen and oxygen atoms in total. The van der Waals surface area contributed by atoms with Crippen LogP contribution in [0.15, 0.2) is 12.1 Å². The molecule has 1 aromatic heterocycles. The fraction of sp³-hybridized carbons (Fsp3) is 0.545. The van der Waals surface area contributed by atoms with Gasteiger partial charge in [0.25, 0.3) is 5.91 Å². The average molecular weight is 235 g/mol. The molecule has 0 saturated carbocycles. The first-order valence-electron chi connectivity index (χ1n) is 5.70. The summed E-state index contributed by atoms with van der Waals surface area (Å²) in [6.45, 7) is 2.11. The van der Waals surface area contributed by atoms with Gasteiger partial charge in [-0.15, -0.1) is 10.2 Å². The number of rotatable bonds is 3. The summed E-state index contributed by atoms with van der Waals surface area (Å²) >= 11 is 0. The van der Waals surface area contributed by atoms with Crippen LogP contribution in [0.25, 0.3) is 0 Å². The molecule has 0 radical (unpaired) electrons. The molecule has 1 fully saturated rings. The third-order valence-corrected chi connectivity index (χ3v) is 2.87. The molecule has 1 aromatic rings. The number of hydrogen-bond acceptors (Lipinski definition) is 5. The van der Waals surface area contributed by atoms with Crippen LogP contribution in [-0.4, -0.2) is 54.2 Å². The zero-order chi connectivity index (χ0) is 12.3. The minimum Gasteiger partial charge on any atom is -0.365 e. The second-order valence-electron chi connectivity index (χ2n) is 4.28. The largest absolute Gasteiger partial charge is 0.365 e. The predicted octanol–water partition coefficient (Wildman–Crippen LogP) is -0.0478. The van der Waals surface area contributed by atoms with Crippen LogP contribution >= 0.6 is 0 Å². The highest BCUT2D eigenvalue weighted by molar-refractivity contribution is 5.91. The number of amides is 1. The van der Waals surface area contributed by atoms with E-state index in [1.54, 1.807) is 19.2 Å². The molecule has 0 aromatic carbocycles. The van der Waals surface area contributed by atoms with Crippen molar-refractivity contribution in [3.05, 3.63) is 17.8 Å². The Morgan fingerprint density at radius 1 is 1.47 bits per heavy atom. The van der Waals surface area contributed by atoms with Crippen LogP contribution in [0.2, 0.25) is 0 Å². The molecule has 2 N–H and O–H groups in total. The lowest BCUT2D eigenvalue weighted by Gasteiger charge is -2.12. The van der Waals surface area contributed by atoms with Gasteiger partial charge in [-0.1, -0.05) is 0 Å². The molecule has 17 heavy (non-hydrogen) atoms. The van der Waals surface area contributed by atoms with Crippen molar-refractivity contribution in [2.45, 2.75) is 12.5 Å². The maximum absolute atomic E-state index is 11.3. The van der Waals surface area contributed by atoms with Gasteiger partial charge in [-0.25, -0.2) is 0 Å². The summed E-state index contributed by atoms with van der Waals surface area (Å²) in [6.07, 6.45) is 1.11. The molecule has 2 heterocycles. The molecule has 92 valence electrons.